The number of carbonyl (C=O) groups is 1. The minimum absolute atomic E-state index is 0.192. The first-order chi connectivity index (χ1) is 14.1. The van der Waals surface area contributed by atoms with Crippen molar-refractivity contribution in [2.75, 3.05) is 7.11 Å². The lowest BCUT2D eigenvalue weighted by Crippen LogP contribution is -2.22. The molecule has 0 amide bonds. The van der Waals surface area contributed by atoms with Gasteiger partial charge in [0, 0.05) is 28.7 Å². The molecule has 0 aliphatic rings. The van der Waals surface area contributed by atoms with Crippen LogP contribution in [0.2, 0.25) is 0 Å². The number of hydrogen-bond acceptors (Lipinski definition) is 4. The molecule has 4 rings (SSSR count). The largest absolute Gasteiger partial charge is 0.497 e. The maximum Gasteiger partial charge on any atom is 0.345 e. The summed E-state index contributed by atoms with van der Waals surface area (Å²) in [5, 5.41) is 1.00. The lowest BCUT2D eigenvalue weighted by atomic mass is 10.1. The van der Waals surface area contributed by atoms with Gasteiger partial charge in [0.1, 0.15) is 11.5 Å². The van der Waals surface area contributed by atoms with Gasteiger partial charge in [-0.1, -0.05) is 42.0 Å². The van der Waals surface area contributed by atoms with Crippen molar-refractivity contribution in [3.63, 3.8) is 0 Å². The van der Waals surface area contributed by atoms with Gasteiger partial charge in [0.15, 0.2) is 0 Å². The van der Waals surface area contributed by atoms with Gasteiger partial charge in [0.2, 0.25) is 0 Å². The highest BCUT2D eigenvalue weighted by atomic mass is 16.5. The van der Waals surface area contributed by atoms with Crippen LogP contribution < -0.4 is 15.0 Å². The summed E-state index contributed by atoms with van der Waals surface area (Å²) in [4.78, 5) is 26.0. The second-order valence-electron chi connectivity index (χ2n) is 6.67. The van der Waals surface area contributed by atoms with E-state index in [0.29, 0.717) is 33.5 Å². The smallest absolute Gasteiger partial charge is 0.345 e. The maximum absolute atomic E-state index is 13.0. The van der Waals surface area contributed by atoms with Crippen LogP contribution in [0.1, 0.15) is 15.9 Å². The molecule has 0 spiro atoms. The fourth-order valence-corrected chi connectivity index (χ4v) is 3.18. The van der Waals surface area contributed by atoms with Gasteiger partial charge in [-0.2, -0.15) is 0 Å². The van der Waals surface area contributed by atoms with E-state index in [1.165, 1.54) is 10.8 Å². The number of aryl methyl sites for hydroxylation is 1. The van der Waals surface area contributed by atoms with Crippen molar-refractivity contribution >= 4 is 16.7 Å². The van der Waals surface area contributed by atoms with Gasteiger partial charge >= 0.3 is 5.97 Å². The second kappa shape index (κ2) is 7.64. The zero-order chi connectivity index (χ0) is 20.4. The Labute approximate surface area is 167 Å². The monoisotopic (exact) mass is 385 g/mol. The number of pyridine rings is 1. The molecule has 1 heterocycles. The topological polar surface area (TPSA) is 57.5 Å². The lowest BCUT2D eigenvalue weighted by Gasteiger charge is -2.12. The summed E-state index contributed by atoms with van der Waals surface area (Å²) >= 11 is 0. The third kappa shape index (κ3) is 3.62. The molecule has 0 fully saturated rings. The van der Waals surface area contributed by atoms with Gasteiger partial charge in [-0.3, -0.25) is 9.36 Å². The summed E-state index contributed by atoms with van der Waals surface area (Å²) in [5.74, 6) is 0.409. The van der Waals surface area contributed by atoms with Crippen LogP contribution in [0.15, 0.2) is 83.8 Å². The van der Waals surface area contributed by atoms with Crippen molar-refractivity contribution in [2.45, 2.75) is 6.92 Å². The number of benzene rings is 3. The van der Waals surface area contributed by atoms with Crippen molar-refractivity contribution in [3.05, 3.63) is 100 Å². The molecule has 5 heteroatoms. The molecule has 0 bridgehead atoms. The van der Waals surface area contributed by atoms with Gasteiger partial charge in [0.05, 0.1) is 12.7 Å². The molecule has 0 aliphatic carbocycles. The number of nitrogens with zero attached hydrogens (tertiary/aromatic N) is 1. The highest BCUT2D eigenvalue weighted by molar-refractivity contribution is 6.04. The molecule has 0 atom stereocenters. The minimum atomic E-state index is -0.546. The molecule has 144 valence electrons. The van der Waals surface area contributed by atoms with E-state index < -0.39 is 5.97 Å². The Kier molecular flexibility index (Phi) is 4.87. The highest BCUT2D eigenvalue weighted by Gasteiger charge is 2.17. The van der Waals surface area contributed by atoms with E-state index in [2.05, 4.69) is 0 Å². The Morgan fingerprint density at radius 2 is 1.55 bits per heavy atom. The van der Waals surface area contributed by atoms with Crippen LogP contribution in [0.3, 0.4) is 0 Å². The van der Waals surface area contributed by atoms with Crippen LogP contribution in [0.25, 0.3) is 16.5 Å². The minimum Gasteiger partial charge on any atom is -0.497 e. The molecule has 1 aromatic heterocycles. The van der Waals surface area contributed by atoms with E-state index in [0.717, 1.165) is 5.56 Å². The first-order valence-corrected chi connectivity index (χ1v) is 9.14. The lowest BCUT2D eigenvalue weighted by molar-refractivity contribution is 0.0736. The van der Waals surface area contributed by atoms with Gasteiger partial charge < -0.3 is 9.47 Å². The molecule has 4 aromatic rings. The first kappa shape index (κ1) is 18.5. The Bertz CT molecular complexity index is 1260. The quantitative estimate of drug-likeness (QED) is 0.383. The van der Waals surface area contributed by atoms with Crippen LogP contribution in [0.5, 0.6) is 11.5 Å². The molecular weight excluding hydrogens is 366 g/mol. The van der Waals surface area contributed by atoms with E-state index in [9.17, 15) is 9.59 Å². The molecule has 0 N–H and O–H groups in total. The standard InChI is InChI=1S/C24H19NO4/c1-16-10-12-17(13-11-16)25-15-22(20-8-3-4-9-21(20)23(25)26)24(27)29-19-7-5-6-18(14-19)28-2/h3-15H,1-2H3. The zero-order valence-corrected chi connectivity index (χ0v) is 16.1. The van der Waals surface area contributed by atoms with Crippen LogP contribution in [-0.4, -0.2) is 17.6 Å². The molecule has 0 saturated heterocycles. The van der Waals surface area contributed by atoms with Crippen molar-refractivity contribution < 1.29 is 14.3 Å². The fourth-order valence-electron chi connectivity index (χ4n) is 3.18. The summed E-state index contributed by atoms with van der Waals surface area (Å²) in [6.45, 7) is 1.98. The van der Waals surface area contributed by atoms with Crippen LogP contribution in [0.4, 0.5) is 0 Å². The van der Waals surface area contributed by atoms with E-state index >= 15 is 0 Å². The summed E-state index contributed by atoms with van der Waals surface area (Å²) in [6, 6.07) is 21.4. The van der Waals surface area contributed by atoms with Crippen molar-refractivity contribution in [1.29, 1.82) is 0 Å². The third-order valence-electron chi connectivity index (χ3n) is 4.71. The summed E-state index contributed by atoms with van der Waals surface area (Å²) < 4.78 is 12.2. The zero-order valence-electron chi connectivity index (χ0n) is 16.1. The van der Waals surface area contributed by atoms with Crippen LogP contribution in [-0.2, 0) is 0 Å². The fraction of sp³-hybridized carbons (Fsp3) is 0.0833. The Hall–Kier alpha value is -3.86. The van der Waals surface area contributed by atoms with Gasteiger partial charge in [0.25, 0.3) is 5.56 Å². The number of ether oxygens (including phenoxy) is 2. The summed E-state index contributed by atoms with van der Waals surface area (Å²) in [6.07, 6.45) is 1.54. The SMILES string of the molecule is COc1cccc(OC(=O)c2cn(-c3ccc(C)cc3)c(=O)c3ccccc23)c1. The number of methoxy groups -OCH3 is 1. The van der Waals surface area contributed by atoms with Gasteiger partial charge in [-0.25, -0.2) is 4.79 Å². The average molecular weight is 385 g/mol. The molecule has 5 nitrogen and oxygen atoms in total. The third-order valence-corrected chi connectivity index (χ3v) is 4.71. The first-order valence-electron chi connectivity index (χ1n) is 9.14. The Morgan fingerprint density at radius 3 is 2.28 bits per heavy atom. The predicted octanol–water partition coefficient (Wildman–Crippen LogP) is 4.53. The summed E-state index contributed by atoms with van der Waals surface area (Å²) in [5.41, 5.74) is 1.88. The van der Waals surface area contributed by atoms with Crippen molar-refractivity contribution in [2.24, 2.45) is 0 Å². The van der Waals surface area contributed by atoms with Gasteiger partial charge in [-0.15, -0.1) is 0 Å². The van der Waals surface area contributed by atoms with Crippen molar-refractivity contribution in [3.8, 4) is 17.2 Å². The summed E-state index contributed by atoms with van der Waals surface area (Å²) in [7, 11) is 1.55. The molecule has 0 aliphatic heterocycles. The Morgan fingerprint density at radius 1 is 0.862 bits per heavy atom. The van der Waals surface area contributed by atoms with Gasteiger partial charge in [-0.05, 0) is 37.3 Å². The molecule has 29 heavy (non-hydrogen) atoms. The normalized spacial score (nSPS) is 10.7. The van der Waals surface area contributed by atoms with Crippen molar-refractivity contribution in [1.82, 2.24) is 4.57 Å². The van der Waals surface area contributed by atoms with E-state index in [1.807, 2.05) is 31.2 Å². The number of rotatable bonds is 4. The Balaban J connectivity index is 1.84. The molecule has 0 saturated carbocycles. The number of aromatic nitrogens is 1. The number of fused-ring (bicyclic) bond motifs is 1. The number of hydrogen-bond donors (Lipinski definition) is 0. The van der Waals surface area contributed by atoms with Crippen LogP contribution >= 0.6 is 0 Å². The second-order valence-corrected chi connectivity index (χ2v) is 6.67. The average Bonchev–Trinajstić information content (AvgIpc) is 2.75. The number of carbonyl (C=O) groups excluding carboxylic acids is 1. The van der Waals surface area contributed by atoms with E-state index in [4.69, 9.17) is 9.47 Å². The molecule has 0 radical (unpaired) electrons. The molecule has 0 unspecified atom stereocenters. The van der Waals surface area contributed by atoms with Crippen LogP contribution in [0, 0.1) is 6.92 Å². The predicted molar refractivity (Wildman–Crippen MR) is 112 cm³/mol. The van der Waals surface area contributed by atoms with E-state index in [1.54, 1.807) is 55.6 Å². The molecule has 3 aromatic carbocycles. The number of esters is 1. The molecular formula is C24H19NO4. The van der Waals surface area contributed by atoms with E-state index in [-0.39, 0.29) is 5.56 Å². The maximum atomic E-state index is 13.0. The highest BCUT2D eigenvalue weighted by Crippen LogP contribution is 2.23.